The second-order valence-corrected chi connectivity index (χ2v) is 2.58. The molecule has 0 saturated heterocycles. The second kappa shape index (κ2) is 4.58. The molecule has 1 rings (SSSR count). The van der Waals surface area contributed by atoms with E-state index in [-0.39, 0.29) is 0 Å². The zero-order valence-electron chi connectivity index (χ0n) is 7.21. The summed E-state index contributed by atoms with van der Waals surface area (Å²) >= 11 is 0. The highest BCUT2D eigenvalue weighted by Gasteiger charge is 1.91. The van der Waals surface area contributed by atoms with Crippen LogP contribution in [-0.4, -0.2) is 13.7 Å². The zero-order valence-corrected chi connectivity index (χ0v) is 7.21. The Hall–Kier alpha value is -1.26. The minimum atomic E-state index is 0.759. The molecule has 1 nitrogen and oxygen atoms in total. The van der Waals surface area contributed by atoms with Crippen molar-refractivity contribution in [1.82, 2.24) is 0 Å². The lowest BCUT2D eigenvalue weighted by atomic mass is 10.1. The quantitative estimate of drug-likeness (QED) is 0.613. The Morgan fingerprint density at radius 2 is 2.00 bits per heavy atom. The lowest BCUT2D eigenvalue weighted by Gasteiger charge is -1.99. The topological polar surface area (TPSA) is 9.23 Å². The van der Waals surface area contributed by atoms with Gasteiger partial charge in [0.15, 0.2) is 0 Å². The van der Waals surface area contributed by atoms with Crippen molar-refractivity contribution in [2.24, 2.45) is 0 Å². The Morgan fingerprint density at radius 3 is 2.50 bits per heavy atom. The van der Waals surface area contributed by atoms with E-state index in [1.807, 2.05) is 24.3 Å². The van der Waals surface area contributed by atoms with Crippen LogP contribution in [0.2, 0.25) is 0 Å². The molecule has 0 saturated carbocycles. The van der Waals surface area contributed by atoms with Gasteiger partial charge >= 0.3 is 0 Å². The highest BCUT2D eigenvalue weighted by atomic mass is 16.5. The number of methoxy groups -OCH3 is 1. The number of rotatable bonds is 3. The molecule has 1 aromatic carbocycles. The summed E-state index contributed by atoms with van der Waals surface area (Å²) in [6.45, 7) is 0.759. The zero-order chi connectivity index (χ0) is 8.81. The van der Waals surface area contributed by atoms with Gasteiger partial charge in [0.1, 0.15) is 0 Å². The maximum absolute atomic E-state index is 5.23. The van der Waals surface area contributed by atoms with Gasteiger partial charge in [-0.2, -0.15) is 0 Å². The molecule has 0 aromatic heterocycles. The Morgan fingerprint density at radius 1 is 1.33 bits per heavy atom. The molecule has 0 aliphatic heterocycles. The van der Waals surface area contributed by atoms with Crippen LogP contribution in [0.4, 0.5) is 0 Å². The van der Waals surface area contributed by atoms with Crippen LogP contribution in [0.15, 0.2) is 24.3 Å². The van der Waals surface area contributed by atoms with E-state index in [1.165, 1.54) is 5.56 Å². The number of ether oxygens (including phenoxy) is 1. The van der Waals surface area contributed by atoms with Crippen LogP contribution in [0.1, 0.15) is 11.1 Å². The Kier molecular flexibility index (Phi) is 3.37. The molecule has 0 radical (unpaired) electrons. The van der Waals surface area contributed by atoms with Crippen molar-refractivity contribution in [1.29, 1.82) is 0 Å². The van der Waals surface area contributed by atoms with Crippen LogP contribution >= 0.6 is 0 Å². The van der Waals surface area contributed by atoms with E-state index in [4.69, 9.17) is 11.2 Å². The Labute approximate surface area is 73.4 Å². The molecule has 1 aromatic rings. The Balaban J connectivity index is 2.60. The van der Waals surface area contributed by atoms with Crippen molar-refractivity contribution < 1.29 is 4.74 Å². The largest absolute Gasteiger partial charge is 0.384 e. The molecular weight excluding hydrogens is 148 g/mol. The van der Waals surface area contributed by atoms with Crippen LogP contribution in [0.3, 0.4) is 0 Å². The summed E-state index contributed by atoms with van der Waals surface area (Å²) in [5, 5.41) is 0. The minimum Gasteiger partial charge on any atom is -0.384 e. The molecule has 0 aliphatic carbocycles. The molecule has 0 heterocycles. The van der Waals surface area contributed by atoms with Crippen LogP contribution in [0, 0.1) is 12.3 Å². The van der Waals surface area contributed by atoms with Crippen LogP contribution in [0.25, 0.3) is 0 Å². The van der Waals surface area contributed by atoms with Crippen molar-refractivity contribution in [2.75, 3.05) is 13.7 Å². The van der Waals surface area contributed by atoms with E-state index in [0.717, 1.165) is 18.6 Å². The van der Waals surface area contributed by atoms with Crippen molar-refractivity contribution in [3.05, 3.63) is 35.4 Å². The molecule has 62 valence electrons. The standard InChI is InChI=1S/C11H12O/c1-3-10-4-6-11(7-5-10)8-9-12-2/h1,4-7H,8-9H2,2H3. The molecule has 0 spiro atoms. The van der Waals surface area contributed by atoms with Crippen molar-refractivity contribution in [3.63, 3.8) is 0 Å². The molecule has 0 aliphatic rings. The van der Waals surface area contributed by atoms with Gasteiger partial charge in [-0.1, -0.05) is 18.1 Å². The number of hydrogen-bond acceptors (Lipinski definition) is 1. The molecule has 0 N–H and O–H groups in total. The fraction of sp³-hybridized carbons (Fsp3) is 0.273. The van der Waals surface area contributed by atoms with E-state index in [9.17, 15) is 0 Å². The van der Waals surface area contributed by atoms with Gasteiger partial charge in [0.25, 0.3) is 0 Å². The Bertz CT molecular complexity index is 266. The van der Waals surface area contributed by atoms with Crippen molar-refractivity contribution >= 4 is 0 Å². The SMILES string of the molecule is C#Cc1ccc(CCOC)cc1. The monoisotopic (exact) mass is 160 g/mol. The maximum atomic E-state index is 5.23. The van der Waals surface area contributed by atoms with Crippen LogP contribution in [-0.2, 0) is 11.2 Å². The third-order valence-corrected chi connectivity index (χ3v) is 1.72. The van der Waals surface area contributed by atoms with Gasteiger partial charge in [-0.3, -0.25) is 0 Å². The van der Waals surface area contributed by atoms with E-state index < -0.39 is 0 Å². The third-order valence-electron chi connectivity index (χ3n) is 1.72. The normalized spacial score (nSPS) is 9.33. The second-order valence-electron chi connectivity index (χ2n) is 2.58. The fourth-order valence-corrected chi connectivity index (χ4v) is 0.988. The molecule has 0 unspecified atom stereocenters. The first-order chi connectivity index (χ1) is 5.86. The van der Waals surface area contributed by atoms with E-state index >= 15 is 0 Å². The van der Waals surface area contributed by atoms with Gasteiger partial charge in [0.05, 0.1) is 6.61 Å². The third kappa shape index (κ3) is 2.41. The molecule has 0 fully saturated rings. The van der Waals surface area contributed by atoms with Gasteiger partial charge in [-0.25, -0.2) is 0 Å². The van der Waals surface area contributed by atoms with Crippen molar-refractivity contribution in [2.45, 2.75) is 6.42 Å². The highest BCUT2D eigenvalue weighted by Crippen LogP contribution is 2.03. The van der Waals surface area contributed by atoms with Crippen LogP contribution < -0.4 is 0 Å². The van der Waals surface area contributed by atoms with E-state index in [2.05, 4.69) is 5.92 Å². The van der Waals surface area contributed by atoms with Gasteiger partial charge in [-0.15, -0.1) is 6.42 Å². The summed E-state index contributed by atoms with van der Waals surface area (Å²) in [6.07, 6.45) is 6.17. The number of benzene rings is 1. The summed E-state index contributed by atoms with van der Waals surface area (Å²) in [4.78, 5) is 0. The average molecular weight is 160 g/mol. The first-order valence-electron chi connectivity index (χ1n) is 3.91. The predicted octanol–water partition coefficient (Wildman–Crippen LogP) is 1.86. The average Bonchev–Trinajstić information content (AvgIpc) is 2.15. The predicted molar refractivity (Wildman–Crippen MR) is 50.0 cm³/mol. The van der Waals surface area contributed by atoms with Gasteiger partial charge < -0.3 is 4.74 Å². The molecular formula is C11H12O. The summed E-state index contributed by atoms with van der Waals surface area (Å²) in [5.74, 6) is 2.58. The smallest absolute Gasteiger partial charge is 0.0502 e. The first kappa shape index (κ1) is 8.83. The van der Waals surface area contributed by atoms with Gasteiger partial charge in [0.2, 0.25) is 0 Å². The highest BCUT2D eigenvalue weighted by molar-refractivity contribution is 5.34. The van der Waals surface area contributed by atoms with E-state index in [1.54, 1.807) is 7.11 Å². The number of terminal acetylenes is 1. The van der Waals surface area contributed by atoms with Crippen LogP contribution in [0.5, 0.6) is 0 Å². The summed E-state index contributed by atoms with van der Waals surface area (Å²) in [5.41, 5.74) is 2.19. The minimum absolute atomic E-state index is 0.759. The lowest BCUT2D eigenvalue weighted by molar-refractivity contribution is 0.202. The summed E-state index contributed by atoms with van der Waals surface area (Å²) < 4.78 is 4.96. The molecule has 0 atom stereocenters. The summed E-state index contributed by atoms with van der Waals surface area (Å²) in [7, 11) is 1.70. The maximum Gasteiger partial charge on any atom is 0.0502 e. The summed E-state index contributed by atoms with van der Waals surface area (Å²) in [6, 6.07) is 7.97. The molecule has 12 heavy (non-hydrogen) atoms. The van der Waals surface area contributed by atoms with Gasteiger partial charge in [0, 0.05) is 12.7 Å². The van der Waals surface area contributed by atoms with E-state index in [0.29, 0.717) is 0 Å². The lowest BCUT2D eigenvalue weighted by Crippen LogP contribution is -1.93. The van der Waals surface area contributed by atoms with Gasteiger partial charge in [-0.05, 0) is 24.1 Å². The fourth-order valence-electron chi connectivity index (χ4n) is 0.988. The first-order valence-corrected chi connectivity index (χ1v) is 3.91. The van der Waals surface area contributed by atoms with Crippen molar-refractivity contribution in [3.8, 4) is 12.3 Å². The molecule has 0 bridgehead atoms. The molecule has 0 amide bonds. The molecule has 1 heteroatoms. The number of hydrogen-bond donors (Lipinski definition) is 0.